The molecule has 1 aliphatic rings. The molecule has 6 heteroatoms. The fraction of sp³-hybridized carbons (Fsp3) is 0.438. The Bertz CT molecular complexity index is 704. The van der Waals surface area contributed by atoms with Crippen LogP contribution < -0.4 is 5.73 Å². The van der Waals surface area contributed by atoms with Gasteiger partial charge in [-0.2, -0.15) is 0 Å². The molecule has 1 aromatic carbocycles. The summed E-state index contributed by atoms with van der Waals surface area (Å²) in [5.41, 5.74) is 7.07. The zero-order valence-corrected chi connectivity index (χ0v) is 12.5. The summed E-state index contributed by atoms with van der Waals surface area (Å²) in [5, 5.41) is 0. The molecule has 0 radical (unpaired) electrons. The largest absolute Gasteiger partial charge is 0.338 e. The van der Waals surface area contributed by atoms with Crippen LogP contribution in [-0.4, -0.2) is 39.9 Å². The Morgan fingerprint density at radius 1 is 1.41 bits per heavy atom. The van der Waals surface area contributed by atoms with E-state index in [2.05, 4.69) is 9.97 Å². The van der Waals surface area contributed by atoms with Crippen molar-refractivity contribution in [2.75, 3.05) is 13.1 Å². The third kappa shape index (κ3) is 2.78. The molecule has 2 atom stereocenters. The standard InChI is InChI=1S/C16H19FN4O/c1-10(18)11-3-2-6-21(9-11)16(22)13-7-12(17)8-14-15(13)20-5-4-19-14/h4-5,7-8,10-11H,2-3,6,9,18H2,1H3/t10-,11+/m0/s1. The quantitative estimate of drug-likeness (QED) is 0.920. The first-order chi connectivity index (χ1) is 10.6. The van der Waals surface area contributed by atoms with E-state index in [-0.39, 0.29) is 23.4 Å². The summed E-state index contributed by atoms with van der Waals surface area (Å²) in [6.45, 7) is 3.23. The molecule has 1 fully saturated rings. The second-order valence-electron chi connectivity index (χ2n) is 5.89. The lowest BCUT2D eigenvalue weighted by Gasteiger charge is -2.34. The first-order valence-electron chi connectivity index (χ1n) is 7.51. The fourth-order valence-electron chi connectivity index (χ4n) is 3.00. The van der Waals surface area contributed by atoms with Crippen molar-refractivity contribution in [3.05, 3.63) is 35.9 Å². The van der Waals surface area contributed by atoms with Gasteiger partial charge in [0, 0.05) is 37.6 Å². The smallest absolute Gasteiger partial charge is 0.256 e. The van der Waals surface area contributed by atoms with Gasteiger partial charge < -0.3 is 10.6 Å². The third-order valence-corrected chi connectivity index (χ3v) is 4.26. The highest BCUT2D eigenvalue weighted by molar-refractivity contribution is 6.04. The molecular weight excluding hydrogens is 283 g/mol. The molecule has 5 nitrogen and oxygen atoms in total. The zero-order chi connectivity index (χ0) is 15.7. The number of carbonyl (C=O) groups is 1. The van der Waals surface area contributed by atoms with Gasteiger partial charge in [0.25, 0.3) is 5.91 Å². The highest BCUT2D eigenvalue weighted by Crippen LogP contribution is 2.23. The lowest BCUT2D eigenvalue weighted by molar-refractivity contribution is 0.0662. The van der Waals surface area contributed by atoms with Gasteiger partial charge >= 0.3 is 0 Å². The van der Waals surface area contributed by atoms with E-state index in [0.29, 0.717) is 24.1 Å². The highest BCUT2D eigenvalue weighted by Gasteiger charge is 2.28. The summed E-state index contributed by atoms with van der Waals surface area (Å²) < 4.78 is 13.8. The van der Waals surface area contributed by atoms with Gasteiger partial charge in [-0.25, -0.2) is 4.39 Å². The van der Waals surface area contributed by atoms with E-state index in [1.165, 1.54) is 24.5 Å². The number of likely N-dealkylation sites (tertiary alicyclic amines) is 1. The predicted molar refractivity (Wildman–Crippen MR) is 81.8 cm³/mol. The topological polar surface area (TPSA) is 72.1 Å². The molecule has 0 spiro atoms. The van der Waals surface area contributed by atoms with E-state index in [1.807, 2.05) is 6.92 Å². The van der Waals surface area contributed by atoms with Crippen LogP contribution in [-0.2, 0) is 0 Å². The van der Waals surface area contributed by atoms with Gasteiger partial charge in [-0.05, 0) is 31.7 Å². The van der Waals surface area contributed by atoms with Gasteiger partial charge in [0.1, 0.15) is 11.3 Å². The van der Waals surface area contributed by atoms with E-state index < -0.39 is 5.82 Å². The Labute approximate surface area is 128 Å². The lowest BCUT2D eigenvalue weighted by Crippen LogP contribution is -2.45. The molecule has 3 rings (SSSR count). The Morgan fingerprint density at radius 3 is 2.95 bits per heavy atom. The number of nitrogens with zero attached hydrogens (tertiary/aromatic N) is 3. The molecule has 22 heavy (non-hydrogen) atoms. The predicted octanol–water partition coefficient (Wildman–Crippen LogP) is 1.97. The van der Waals surface area contributed by atoms with Crippen molar-refractivity contribution in [3.63, 3.8) is 0 Å². The Morgan fingerprint density at radius 2 is 2.18 bits per heavy atom. The molecule has 1 aromatic heterocycles. The maximum absolute atomic E-state index is 13.8. The molecule has 116 valence electrons. The van der Waals surface area contributed by atoms with Crippen LogP contribution in [0.5, 0.6) is 0 Å². The number of halogens is 1. The van der Waals surface area contributed by atoms with Gasteiger partial charge in [0.15, 0.2) is 0 Å². The minimum Gasteiger partial charge on any atom is -0.338 e. The Balaban J connectivity index is 1.95. The van der Waals surface area contributed by atoms with Gasteiger partial charge in [-0.1, -0.05) is 0 Å². The summed E-state index contributed by atoms with van der Waals surface area (Å²) in [6.07, 6.45) is 4.93. The molecule has 1 aliphatic heterocycles. The van der Waals surface area contributed by atoms with Crippen LogP contribution in [0.15, 0.2) is 24.5 Å². The number of hydrogen-bond donors (Lipinski definition) is 1. The molecule has 1 amide bonds. The molecule has 0 aliphatic carbocycles. The number of fused-ring (bicyclic) bond motifs is 1. The minimum atomic E-state index is -0.475. The van der Waals surface area contributed by atoms with Crippen molar-refractivity contribution in [1.29, 1.82) is 0 Å². The summed E-state index contributed by atoms with van der Waals surface area (Å²) in [4.78, 5) is 22.8. The molecule has 2 aromatic rings. The fourth-order valence-corrected chi connectivity index (χ4v) is 3.00. The summed E-state index contributed by atoms with van der Waals surface area (Å²) in [7, 11) is 0. The second kappa shape index (κ2) is 5.96. The first kappa shape index (κ1) is 14.8. The maximum Gasteiger partial charge on any atom is 0.256 e. The minimum absolute atomic E-state index is 0.0413. The molecule has 0 bridgehead atoms. The number of aromatic nitrogens is 2. The highest BCUT2D eigenvalue weighted by atomic mass is 19.1. The number of carbonyl (C=O) groups excluding carboxylic acids is 1. The SMILES string of the molecule is C[C@H](N)[C@@H]1CCCN(C(=O)c2cc(F)cc3nccnc23)C1. The summed E-state index contributed by atoms with van der Waals surface area (Å²) in [6, 6.07) is 2.58. The number of amides is 1. The van der Waals surface area contributed by atoms with E-state index in [9.17, 15) is 9.18 Å². The number of nitrogens with two attached hydrogens (primary N) is 1. The van der Waals surface area contributed by atoms with Crippen molar-refractivity contribution < 1.29 is 9.18 Å². The van der Waals surface area contributed by atoms with E-state index in [4.69, 9.17) is 5.73 Å². The van der Waals surface area contributed by atoms with E-state index in [1.54, 1.807) is 4.90 Å². The molecule has 0 unspecified atom stereocenters. The molecule has 2 heterocycles. The molecule has 0 saturated carbocycles. The third-order valence-electron chi connectivity index (χ3n) is 4.26. The molecular formula is C16H19FN4O. The van der Waals surface area contributed by atoms with Gasteiger partial charge in [0.05, 0.1) is 11.1 Å². The van der Waals surface area contributed by atoms with Crippen LogP contribution in [0.25, 0.3) is 11.0 Å². The van der Waals surface area contributed by atoms with Crippen molar-refractivity contribution in [2.24, 2.45) is 11.7 Å². The molecule has 2 N–H and O–H groups in total. The zero-order valence-electron chi connectivity index (χ0n) is 12.5. The van der Waals surface area contributed by atoms with E-state index in [0.717, 1.165) is 12.8 Å². The van der Waals surface area contributed by atoms with Crippen LogP contribution in [0.3, 0.4) is 0 Å². The summed E-state index contributed by atoms with van der Waals surface area (Å²) >= 11 is 0. The van der Waals surface area contributed by atoms with Crippen LogP contribution in [0.4, 0.5) is 4.39 Å². The average molecular weight is 302 g/mol. The number of hydrogen-bond acceptors (Lipinski definition) is 4. The van der Waals surface area contributed by atoms with Crippen LogP contribution in [0.1, 0.15) is 30.1 Å². The average Bonchev–Trinajstić information content (AvgIpc) is 2.53. The van der Waals surface area contributed by atoms with Crippen molar-refractivity contribution in [1.82, 2.24) is 14.9 Å². The second-order valence-corrected chi connectivity index (χ2v) is 5.89. The van der Waals surface area contributed by atoms with Crippen LogP contribution in [0, 0.1) is 11.7 Å². The lowest BCUT2D eigenvalue weighted by atomic mass is 9.92. The Hall–Kier alpha value is -2.08. The van der Waals surface area contributed by atoms with Crippen LogP contribution >= 0.6 is 0 Å². The monoisotopic (exact) mass is 302 g/mol. The maximum atomic E-state index is 13.8. The normalized spacial score (nSPS) is 20.1. The first-order valence-corrected chi connectivity index (χ1v) is 7.51. The number of piperidine rings is 1. The van der Waals surface area contributed by atoms with Crippen molar-refractivity contribution in [3.8, 4) is 0 Å². The molecule has 1 saturated heterocycles. The van der Waals surface area contributed by atoms with Crippen molar-refractivity contribution >= 4 is 16.9 Å². The van der Waals surface area contributed by atoms with Gasteiger partial charge in [-0.15, -0.1) is 0 Å². The Kier molecular flexibility index (Phi) is 4.02. The van der Waals surface area contributed by atoms with Crippen molar-refractivity contribution in [2.45, 2.75) is 25.8 Å². The van der Waals surface area contributed by atoms with Gasteiger partial charge in [0.2, 0.25) is 0 Å². The van der Waals surface area contributed by atoms with Crippen LogP contribution in [0.2, 0.25) is 0 Å². The number of benzene rings is 1. The number of rotatable bonds is 2. The van der Waals surface area contributed by atoms with E-state index >= 15 is 0 Å². The van der Waals surface area contributed by atoms with Gasteiger partial charge in [-0.3, -0.25) is 14.8 Å². The summed E-state index contributed by atoms with van der Waals surface area (Å²) in [5.74, 6) is -0.393.